The van der Waals surface area contributed by atoms with Crippen molar-refractivity contribution in [2.45, 2.75) is 26.5 Å². The maximum atomic E-state index is 12.1. The van der Waals surface area contributed by atoms with Crippen LogP contribution in [0, 0.1) is 0 Å². The zero-order valence-corrected chi connectivity index (χ0v) is 21.1. The van der Waals surface area contributed by atoms with E-state index >= 15 is 0 Å². The zero-order chi connectivity index (χ0) is 27.4. The normalized spacial score (nSPS) is 10.6. The predicted octanol–water partition coefficient (Wildman–Crippen LogP) is 3.10. The summed E-state index contributed by atoms with van der Waals surface area (Å²) in [5.74, 6) is -2.33. The first-order valence-corrected chi connectivity index (χ1v) is 11.5. The van der Waals surface area contributed by atoms with Gasteiger partial charge in [0.2, 0.25) is 5.91 Å². The van der Waals surface area contributed by atoms with Crippen LogP contribution in [0.5, 0.6) is 0 Å². The number of carboxylic acid groups (broad SMARTS) is 1. The summed E-state index contributed by atoms with van der Waals surface area (Å²) in [7, 11) is 3.86. The van der Waals surface area contributed by atoms with Crippen molar-refractivity contribution in [2.75, 3.05) is 37.4 Å². The van der Waals surface area contributed by atoms with Gasteiger partial charge in [-0.2, -0.15) is 0 Å². The van der Waals surface area contributed by atoms with Gasteiger partial charge in [-0.25, -0.2) is 14.7 Å². The fourth-order valence-electron chi connectivity index (χ4n) is 3.20. The van der Waals surface area contributed by atoms with E-state index in [9.17, 15) is 24.4 Å². The van der Waals surface area contributed by atoms with Crippen LogP contribution < -0.4 is 10.2 Å². The number of hydrogen-bond donors (Lipinski definition) is 3. The first-order chi connectivity index (χ1) is 17.5. The smallest absolute Gasteiger partial charge is 0.411 e. The van der Waals surface area contributed by atoms with E-state index in [-0.39, 0.29) is 25.6 Å². The van der Waals surface area contributed by atoms with Crippen molar-refractivity contribution in [3.63, 3.8) is 0 Å². The number of nitrogens with zero attached hydrogens (tertiary/aromatic N) is 3. The molecule has 37 heavy (non-hydrogen) atoms. The molecule has 0 aliphatic heterocycles. The fraction of sp³-hybridized carbons (Fsp3) is 0.308. The molecule has 11 heteroatoms. The lowest BCUT2D eigenvalue weighted by molar-refractivity contribution is -0.159. The van der Waals surface area contributed by atoms with E-state index < -0.39 is 18.0 Å². The molecule has 2 aromatic carbocycles. The Morgan fingerprint density at radius 3 is 2.11 bits per heavy atom. The molecule has 11 nitrogen and oxygen atoms in total. The van der Waals surface area contributed by atoms with Gasteiger partial charge in [-0.05, 0) is 41.8 Å². The van der Waals surface area contributed by atoms with Crippen molar-refractivity contribution in [1.82, 2.24) is 9.96 Å². The molecule has 0 unspecified atom stereocenters. The lowest BCUT2D eigenvalue weighted by Crippen LogP contribution is -2.33. The molecule has 3 N–H and O–H groups in total. The Morgan fingerprint density at radius 2 is 1.54 bits per heavy atom. The minimum atomic E-state index is -1.30. The number of nitrogens with one attached hydrogen (secondary N) is 1. The topological polar surface area (TPSA) is 140 Å². The number of carboxylic acids is 1. The lowest BCUT2D eigenvalue weighted by atomic mass is 10.1. The summed E-state index contributed by atoms with van der Waals surface area (Å²) >= 11 is 0. The fourth-order valence-corrected chi connectivity index (χ4v) is 3.20. The van der Waals surface area contributed by atoms with Crippen molar-refractivity contribution in [2.24, 2.45) is 0 Å². The van der Waals surface area contributed by atoms with Crippen molar-refractivity contribution >= 4 is 35.3 Å². The highest BCUT2D eigenvalue weighted by Crippen LogP contribution is 2.16. The second-order valence-corrected chi connectivity index (χ2v) is 8.39. The Kier molecular flexibility index (Phi) is 11.1. The van der Waals surface area contributed by atoms with Crippen LogP contribution in [0.2, 0.25) is 0 Å². The second kappa shape index (κ2) is 14.2. The molecule has 0 heterocycles. The Morgan fingerprint density at radius 1 is 0.919 bits per heavy atom. The second-order valence-electron chi connectivity index (χ2n) is 8.39. The van der Waals surface area contributed by atoms with Crippen molar-refractivity contribution in [3.8, 4) is 0 Å². The van der Waals surface area contributed by atoms with Crippen LogP contribution in [0.4, 0.5) is 16.2 Å². The quantitative estimate of drug-likeness (QED) is 0.224. The van der Waals surface area contributed by atoms with Gasteiger partial charge in [-0.1, -0.05) is 24.3 Å². The van der Waals surface area contributed by atoms with Gasteiger partial charge in [0.15, 0.2) is 0 Å². The largest absolute Gasteiger partial charge is 0.478 e. The highest BCUT2D eigenvalue weighted by Gasteiger charge is 2.13. The Labute approximate surface area is 215 Å². The minimum Gasteiger partial charge on any atom is -0.478 e. The average molecular weight is 513 g/mol. The van der Waals surface area contributed by atoms with Gasteiger partial charge in [0.1, 0.15) is 6.61 Å². The first-order valence-electron chi connectivity index (χ1n) is 11.5. The van der Waals surface area contributed by atoms with Crippen molar-refractivity contribution < 1.29 is 34.2 Å². The minimum absolute atomic E-state index is 0.0648. The SMILES string of the molecule is CC(=O)N(CCCN(O)C(=O)/C=C/C(=O)O)Cc1ccc(COC(=O)Nc2ccc(N(C)C)cc2)cc1. The maximum Gasteiger partial charge on any atom is 0.411 e. The third kappa shape index (κ3) is 10.4. The zero-order valence-electron chi connectivity index (χ0n) is 21.1. The molecule has 0 aliphatic carbocycles. The molecule has 0 aliphatic rings. The van der Waals surface area contributed by atoms with E-state index in [4.69, 9.17) is 9.84 Å². The predicted molar refractivity (Wildman–Crippen MR) is 137 cm³/mol. The van der Waals surface area contributed by atoms with Crippen LogP contribution in [0.15, 0.2) is 60.7 Å². The molecular weight excluding hydrogens is 480 g/mol. The van der Waals surface area contributed by atoms with E-state index in [0.717, 1.165) is 22.9 Å². The molecule has 0 saturated heterocycles. The summed E-state index contributed by atoms with van der Waals surface area (Å²) in [4.78, 5) is 49.7. The molecule has 3 amide bonds. The van der Waals surface area contributed by atoms with Gasteiger partial charge in [-0.3, -0.25) is 20.1 Å². The number of hydroxylamine groups is 2. The van der Waals surface area contributed by atoms with Crippen molar-refractivity contribution in [1.29, 1.82) is 0 Å². The summed E-state index contributed by atoms with van der Waals surface area (Å²) < 4.78 is 5.28. The number of amides is 3. The van der Waals surface area contributed by atoms with E-state index in [1.165, 1.54) is 6.92 Å². The van der Waals surface area contributed by atoms with Crippen LogP contribution in [-0.4, -0.2) is 71.3 Å². The highest BCUT2D eigenvalue weighted by molar-refractivity contribution is 5.93. The van der Waals surface area contributed by atoms with E-state index in [1.54, 1.807) is 29.2 Å². The third-order valence-electron chi connectivity index (χ3n) is 5.26. The number of carbonyl (C=O) groups is 4. The van der Waals surface area contributed by atoms with Crippen molar-refractivity contribution in [3.05, 3.63) is 71.8 Å². The van der Waals surface area contributed by atoms with Crippen LogP contribution in [-0.2, 0) is 32.3 Å². The molecule has 2 rings (SSSR count). The summed E-state index contributed by atoms with van der Waals surface area (Å²) in [6.45, 7) is 2.03. The molecule has 0 bridgehead atoms. The summed E-state index contributed by atoms with van der Waals surface area (Å²) in [5, 5.41) is 21.3. The number of carbonyl (C=O) groups excluding carboxylic acids is 3. The molecule has 0 aromatic heterocycles. The summed E-state index contributed by atoms with van der Waals surface area (Å²) in [5.41, 5.74) is 3.27. The molecule has 198 valence electrons. The number of benzene rings is 2. The van der Waals surface area contributed by atoms with E-state index in [2.05, 4.69) is 5.32 Å². The van der Waals surface area contributed by atoms with Gasteiger partial charge in [0.25, 0.3) is 5.91 Å². The number of anilines is 2. The molecule has 0 radical (unpaired) electrons. The van der Waals surface area contributed by atoms with Gasteiger partial charge in [0, 0.05) is 57.6 Å². The Bertz CT molecular complexity index is 1100. The first kappa shape index (κ1) is 28.9. The molecule has 2 aromatic rings. The average Bonchev–Trinajstić information content (AvgIpc) is 2.86. The summed E-state index contributed by atoms with van der Waals surface area (Å²) in [6, 6.07) is 14.6. The van der Waals surface area contributed by atoms with Gasteiger partial charge >= 0.3 is 12.1 Å². The van der Waals surface area contributed by atoms with Gasteiger partial charge < -0.3 is 19.6 Å². The highest BCUT2D eigenvalue weighted by atomic mass is 16.5. The van der Waals surface area contributed by atoms with Crippen LogP contribution in [0.3, 0.4) is 0 Å². The Balaban J connectivity index is 1.80. The number of ether oxygens (including phenoxy) is 1. The maximum absolute atomic E-state index is 12.1. The summed E-state index contributed by atoms with van der Waals surface area (Å²) in [6.07, 6.45) is 1.11. The molecule has 0 saturated carbocycles. The Hall–Kier alpha value is -4.38. The molecule has 0 atom stereocenters. The molecule has 0 spiro atoms. The van der Waals surface area contributed by atoms with E-state index in [1.807, 2.05) is 43.3 Å². The standard InChI is InChI=1S/C26H32N4O7/c1-19(31)29(15-4-16-30(36)24(32)13-14-25(33)34)17-20-5-7-21(8-6-20)18-37-26(35)27-22-9-11-23(12-10-22)28(2)3/h5-14,36H,4,15-18H2,1-3H3,(H,27,35)(H,33,34)/b14-13+. The lowest BCUT2D eigenvalue weighted by Gasteiger charge is -2.22. The van der Waals surface area contributed by atoms with Gasteiger partial charge in [-0.15, -0.1) is 0 Å². The number of aliphatic carboxylic acids is 1. The van der Waals surface area contributed by atoms with E-state index in [0.29, 0.717) is 29.8 Å². The van der Waals surface area contributed by atoms with Crippen LogP contribution >= 0.6 is 0 Å². The van der Waals surface area contributed by atoms with Crippen LogP contribution in [0.25, 0.3) is 0 Å². The monoisotopic (exact) mass is 512 g/mol. The van der Waals surface area contributed by atoms with Crippen LogP contribution in [0.1, 0.15) is 24.5 Å². The number of rotatable bonds is 12. The number of hydrogen-bond acceptors (Lipinski definition) is 7. The molecule has 0 fully saturated rings. The van der Waals surface area contributed by atoms with Gasteiger partial charge in [0.05, 0.1) is 6.54 Å². The third-order valence-corrected chi connectivity index (χ3v) is 5.26. The molecular formula is C26H32N4O7.